The van der Waals surface area contributed by atoms with Gasteiger partial charge in [0.1, 0.15) is 6.61 Å². The lowest BCUT2D eigenvalue weighted by Crippen LogP contribution is -2.54. The van der Waals surface area contributed by atoms with Gasteiger partial charge in [-0.05, 0) is 18.4 Å². The highest BCUT2D eigenvalue weighted by molar-refractivity contribution is 5.86. The Bertz CT molecular complexity index is 540. The second kappa shape index (κ2) is 6.48. The van der Waals surface area contributed by atoms with Crippen molar-refractivity contribution in [1.29, 1.82) is 0 Å². The molecule has 1 saturated carbocycles. The fourth-order valence-electron chi connectivity index (χ4n) is 3.33. The lowest BCUT2D eigenvalue weighted by Gasteiger charge is -2.38. The summed E-state index contributed by atoms with van der Waals surface area (Å²) in [7, 11) is 1.73. The largest absolute Gasteiger partial charge is 0.356 e. The molecule has 22 heavy (non-hydrogen) atoms. The molecule has 0 unspecified atom stereocenters. The summed E-state index contributed by atoms with van der Waals surface area (Å²) in [5.41, 5.74) is 0.921. The maximum atomic E-state index is 12.6. The molecular formula is C17H22N2O3. The van der Waals surface area contributed by atoms with Crippen LogP contribution in [0.4, 0.5) is 0 Å². The molecule has 0 spiro atoms. The zero-order chi connectivity index (χ0) is 15.5. The van der Waals surface area contributed by atoms with Crippen molar-refractivity contribution >= 4 is 11.8 Å². The van der Waals surface area contributed by atoms with Gasteiger partial charge in [0.25, 0.3) is 5.91 Å². The summed E-state index contributed by atoms with van der Waals surface area (Å²) < 4.78 is 5.60. The Morgan fingerprint density at radius 3 is 2.59 bits per heavy atom. The van der Waals surface area contributed by atoms with Crippen LogP contribution in [0.25, 0.3) is 0 Å². The number of ether oxygens (including phenoxy) is 1. The standard InChI is InChI=1S/C17H22N2O3/c1-19-14(20)11-22-16(15(19)12-7-3-2-4-8-12)17(21)18-13-9-5-6-10-13/h2-4,7-8,13,15-16H,5-6,9-11H2,1H3,(H,18,21)/t15-,16-/m0/s1. The first-order valence-corrected chi connectivity index (χ1v) is 7.89. The Kier molecular flexibility index (Phi) is 4.43. The van der Waals surface area contributed by atoms with E-state index in [1.165, 1.54) is 0 Å². The maximum Gasteiger partial charge on any atom is 0.251 e. The van der Waals surface area contributed by atoms with E-state index >= 15 is 0 Å². The third-order valence-electron chi connectivity index (χ3n) is 4.58. The molecule has 1 aromatic rings. The van der Waals surface area contributed by atoms with Gasteiger partial charge in [0, 0.05) is 13.1 Å². The molecule has 2 atom stereocenters. The molecule has 0 aromatic heterocycles. The molecule has 1 heterocycles. The molecule has 1 saturated heterocycles. The molecule has 1 aliphatic carbocycles. The van der Waals surface area contributed by atoms with Gasteiger partial charge in [-0.15, -0.1) is 0 Å². The number of rotatable bonds is 3. The molecule has 118 valence electrons. The number of carbonyl (C=O) groups excluding carboxylic acids is 2. The van der Waals surface area contributed by atoms with Crippen LogP contribution in [0.15, 0.2) is 30.3 Å². The second-order valence-corrected chi connectivity index (χ2v) is 6.08. The van der Waals surface area contributed by atoms with Crippen molar-refractivity contribution in [2.75, 3.05) is 13.7 Å². The van der Waals surface area contributed by atoms with E-state index in [0.29, 0.717) is 0 Å². The highest BCUT2D eigenvalue weighted by atomic mass is 16.5. The zero-order valence-corrected chi connectivity index (χ0v) is 12.8. The van der Waals surface area contributed by atoms with E-state index in [4.69, 9.17) is 4.74 Å². The summed E-state index contributed by atoms with van der Waals surface area (Å²) in [6.07, 6.45) is 3.74. The Balaban J connectivity index is 1.80. The average Bonchev–Trinajstić information content (AvgIpc) is 3.03. The van der Waals surface area contributed by atoms with Gasteiger partial charge in [-0.1, -0.05) is 43.2 Å². The quantitative estimate of drug-likeness (QED) is 0.923. The number of nitrogens with one attached hydrogen (secondary N) is 1. The molecule has 1 aliphatic heterocycles. The minimum absolute atomic E-state index is 0.0391. The molecule has 1 aromatic carbocycles. The first kappa shape index (κ1) is 15.0. The van der Waals surface area contributed by atoms with Gasteiger partial charge in [0.05, 0.1) is 6.04 Å². The van der Waals surface area contributed by atoms with Crippen molar-refractivity contribution < 1.29 is 14.3 Å². The van der Waals surface area contributed by atoms with Crippen molar-refractivity contribution in [3.8, 4) is 0 Å². The molecule has 2 aliphatic rings. The SMILES string of the molecule is CN1C(=O)CO[C@H](C(=O)NC2CCCC2)[C@@H]1c1ccccc1. The molecule has 0 radical (unpaired) electrons. The smallest absolute Gasteiger partial charge is 0.251 e. The molecule has 3 rings (SSSR count). The predicted octanol–water partition coefficient (Wildman–Crippen LogP) is 1.64. The van der Waals surface area contributed by atoms with Crippen LogP contribution in [0.3, 0.4) is 0 Å². The fraction of sp³-hybridized carbons (Fsp3) is 0.529. The molecule has 2 fully saturated rings. The van der Waals surface area contributed by atoms with Gasteiger partial charge < -0.3 is 15.0 Å². The Morgan fingerprint density at radius 1 is 1.23 bits per heavy atom. The van der Waals surface area contributed by atoms with E-state index in [2.05, 4.69) is 5.32 Å². The molecule has 1 N–H and O–H groups in total. The zero-order valence-electron chi connectivity index (χ0n) is 12.8. The maximum absolute atomic E-state index is 12.6. The number of likely N-dealkylation sites (N-methyl/N-ethyl adjacent to an activating group) is 1. The third kappa shape index (κ3) is 2.99. The number of hydrogen-bond donors (Lipinski definition) is 1. The van der Waals surface area contributed by atoms with Crippen LogP contribution in [0.5, 0.6) is 0 Å². The van der Waals surface area contributed by atoms with Gasteiger partial charge >= 0.3 is 0 Å². The number of morpholine rings is 1. The molecular weight excluding hydrogens is 280 g/mol. The van der Waals surface area contributed by atoms with Crippen molar-refractivity contribution in [1.82, 2.24) is 10.2 Å². The summed E-state index contributed by atoms with van der Waals surface area (Å²) in [6.45, 7) is -0.0391. The second-order valence-electron chi connectivity index (χ2n) is 6.08. The summed E-state index contributed by atoms with van der Waals surface area (Å²) in [4.78, 5) is 26.2. The Morgan fingerprint density at radius 2 is 1.91 bits per heavy atom. The number of carbonyl (C=O) groups is 2. The lowest BCUT2D eigenvalue weighted by atomic mass is 9.97. The van der Waals surface area contributed by atoms with Crippen LogP contribution in [0.1, 0.15) is 37.3 Å². The Hall–Kier alpha value is -1.88. The van der Waals surface area contributed by atoms with Crippen molar-refractivity contribution in [2.24, 2.45) is 0 Å². The fourth-order valence-corrected chi connectivity index (χ4v) is 3.33. The van der Waals surface area contributed by atoms with Crippen molar-refractivity contribution in [3.63, 3.8) is 0 Å². The number of nitrogens with zero attached hydrogens (tertiary/aromatic N) is 1. The topological polar surface area (TPSA) is 58.6 Å². The lowest BCUT2D eigenvalue weighted by molar-refractivity contribution is -0.162. The molecule has 5 heteroatoms. The van der Waals surface area contributed by atoms with Crippen molar-refractivity contribution in [2.45, 2.75) is 43.9 Å². The van der Waals surface area contributed by atoms with Gasteiger partial charge in [0.2, 0.25) is 5.91 Å². The van der Waals surface area contributed by atoms with Gasteiger partial charge in [-0.25, -0.2) is 0 Å². The summed E-state index contributed by atoms with van der Waals surface area (Å²) in [6, 6.07) is 9.47. The molecule has 2 amide bonds. The average molecular weight is 302 g/mol. The summed E-state index contributed by atoms with van der Waals surface area (Å²) >= 11 is 0. The highest BCUT2D eigenvalue weighted by Crippen LogP contribution is 2.29. The van der Waals surface area contributed by atoms with E-state index in [1.54, 1.807) is 11.9 Å². The highest BCUT2D eigenvalue weighted by Gasteiger charge is 2.40. The first-order valence-electron chi connectivity index (χ1n) is 7.89. The van der Waals surface area contributed by atoms with Crippen LogP contribution >= 0.6 is 0 Å². The third-order valence-corrected chi connectivity index (χ3v) is 4.58. The number of amides is 2. The minimum atomic E-state index is -0.648. The molecule has 0 bridgehead atoms. The van der Waals surface area contributed by atoms with Crippen LogP contribution < -0.4 is 5.32 Å². The van der Waals surface area contributed by atoms with E-state index in [-0.39, 0.29) is 30.5 Å². The van der Waals surface area contributed by atoms with Crippen molar-refractivity contribution in [3.05, 3.63) is 35.9 Å². The van der Waals surface area contributed by atoms with Gasteiger partial charge in [0.15, 0.2) is 6.10 Å². The van der Waals surface area contributed by atoms with Gasteiger partial charge in [-0.2, -0.15) is 0 Å². The predicted molar refractivity (Wildman–Crippen MR) is 82.1 cm³/mol. The van der Waals surface area contributed by atoms with Crippen LogP contribution in [0.2, 0.25) is 0 Å². The monoisotopic (exact) mass is 302 g/mol. The first-order chi connectivity index (χ1) is 10.7. The summed E-state index contributed by atoms with van der Waals surface area (Å²) in [5, 5.41) is 3.08. The normalized spacial score (nSPS) is 26.2. The molecule has 5 nitrogen and oxygen atoms in total. The number of hydrogen-bond acceptors (Lipinski definition) is 3. The van der Waals surface area contributed by atoms with E-state index in [1.807, 2.05) is 30.3 Å². The van der Waals surface area contributed by atoms with Crippen LogP contribution in [0, 0.1) is 0 Å². The minimum Gasteiger partial charge on any atom is -0.356 e. The summed E-state index contributed by atoms with van der Waals surface area (Å²) in [5.74, 6) is -0.209. The van der Waals surface area contributed by atoms with E-state index < -0.39 is 6.10 Å². The van der Waals surface area contributed by atoms with E-state index in [0.717, 1.165) is 31.2 Å². The Labute approximate surface area is 130 Å². The van der Waals surface area contributed by atoms with Crippen LogP contribution in [-0.2, 0) is 14.3 Å². The van der Waals surface area contributed by atoms with E-state index in [9.17, 15) is 9.59 Å². The van der Waals surface area contributed by atoms with Crippen LogP contribution in [-0.4, -0.2) is 42.5 Å². The number of benzene rings is 1. The van der Waals surface area contributed by atoms with Gasteiger partial charge in [-0.3, -0.25) is 9.59 Å².